The zero-order valence-corrected chi connectivity index (χ0v) is 18.4. The number of likely N-dealkylation sites (tertiary alicyclic amines) is 1. The van der Waals surface area contributed by atoms with Gasteiger partial charge in [-0.1, -0.05) is 6.92 Å². The van der Waals surface area contributed by atoms with Crippen LogP contribution in [-0.2, 0) is 9.53 Å². The van der Waals surface area contributed by atoms with E-state index in [1.807, 2.05) is 11.8 Å². The minimum absolute atomic E-state index is 0.142. The van der Waals surface area contributed by atoms with Crippen LogP contribution in [0.1, 0.15) is 48.8 Å². The number of rotatable bonds is 8. The first-order valence-electron chi connectivity index (χ1n) is 11.2. The first-order valence-corrected chi connectivity index (χ1v) is 11.2. The molecule has 3 rings (SSSR count). The minimum atomic E-state index is -0.149. The van der Waals surface area contributed by atoms with Crippen LogP contribution in [0.4, 0.5) is 0 Å². The molecule has 0 N–H and O–H groups in total. The lowest BCUT2D eigenvalue weighted by molar-refractivity contribution is -0.132. The van der Waals surface area contributed by atoms with E-state index in [0.717, 1.165) is 70.9 Å². The number of nitrogens with zero attached hydrogens (tertiary/aromatic N) is 5. The van der Waals surface area contributed by atoms with Crippen molar-refractivity contribution < 1.29 is 14.3 Å². The van der Waals surface area contributed by atoms with Crippen molar-refractivity contribution in [3.63, 3.8) is 0 Å². The number of carbonyl (C=O) groups excluding carboxylic acids is 2. The second-order valence-electron chi connectivity index (χ2n) is 8.46. The Morgan fingerprint density at radius 2 is 1.83 bits per heavy atom. The van der Waals surface area contributed by atoms with Gasteiger partial charge in [0, 0.05) is 58.4 Å². The van der Waals surface area contributed by atoms with Crippen LogP contribution in [0.2, 0.25) is 0 Å². The number of amides is 2. The van der Waals surface area contributed by atoms with Crippen molar-refractivity contribution in [1.82, 2.24) is 24.7 Å². The van der Waals surface area contributed by atoms with E-state index >= 15 is 0 Å². The third kappa shape index (κ3) is 6.74. The predicted molar refractivity (Wildman–Crippen MR) is 114 cm³/mol. The molecule has 0 bridgehead atoms. The van der Waals surface area contributed by atoms with Crippen molar-refractivity contribution in [3.05, 3.63) is 23.8 Å². The summed E-state index contributed by atoms with van der Waals surface area (Å²) in [5.74, 6) is 0.680. The van der Waals surface area contributed by atoms with Crippen LogP contribution >= 0.6 is 0 Å². The maximum atomic E-state index is 13.0. The number of ether oxygens (including phenoxy) is 1. The van der Waals surface area contributed by atoms with Crippen molar-refractivity contribution in [2.75, 3.05) is 59.0 Å². The van der Waals surface area contributed by atoms with Gasteiger partial charge in [0.1, 0.15) is 5.69 Å². The Morgan fingerprint density at radius 3 is 2.50 bits per heavy atom. The van der Waals surface area contributed by atoms with E-state index in [1.54, 1.807) is 11.1 Å². The number of hydrogen-bond donors (Lipinski definition) is 0. The standard InChI is InChI=1S/C22H35N5O3/c1-18-4-9-26(10-5-18)21(28)6-11-27(8-3-7-25-12-14-30-15-13-25)22(29)20-17-23-19(2)16-24-20/h16-18H,3-15H2,1-2H3. The van der Waals surface area contributed by atoms with Crippen LogP contribution in [-0.4, -0.2) is 95.5 Å². The summed E-state index contributed by atoms with van der Waals surface area (Å²) < 4.78 is 5.40. The first kappa shape index (κ1) is 22.6. The SMILES string of the molecule is Cc1cnc(C(=O)N(CCCN2CCOCC2)CCC(=O)N2CCC(C)CC2)cn1. The van der Waals surface area contributed by atoms with Gasteiger partial charge >= 0.3 is 0 Å². The quantitative estimate of drug-likeness (QED) is 0.639. The third-order valence-corrected chi connectivity index (χ3v) is 6.03. The molecule has 1 aromatic heterocycles. The Balaban J connectivity index is 1.55. The molecule has 0 aromatic carbocycles. The lowest BCUT2D eigenvalue weighted by Gasteiger charge is -2.31. The second-order valence-corrected chi connectivity index (χ2v) is 8.46. The molecule has 1 aromatic rings. The molecule has 0 aliphatic carbocycles. The molecule has 30 heavy (non-hydrogen) atoms. The highest BCUT2D eigenvalue weighted by atomic mass is 16.5. The molecule has 0 saturated carbocycles. The fourth-order valence-electron chi connectivity index (χ4n) is 3.94. The van der Waals surface area contributed by atoms with Gasteiger partial charge in [-0.25, -0.2) is 4.98 Å². The van der Waals surface area contributed by atoms with Gasteiger partial charge in [0.2, 0.25) is 5.91 Å². The highest BCUT2D eigenvalue weighted by Crippen LogP contribution is 2.17. The monoisotopic (exact) mass is 417 g/mol. The topological polar surface area (TPSA) is 78.9 Å². The Bertz CT molecular complexity index is 683. The van der Waals surface area contributed by atoms with Crippen molar-refractivity contribution in [3.8, 4) is 0 Å². The molecule has 2 aliphatic heterocycles. The summed E-state index contributed by atoms with van der Waals surface area (Å²) in [6, 6.07) is 0. The Labute approximate surface area is 179 Å². The summed E-state index contributed by atoms with van der Waals surface area (Å²) in [6.07, 6.45) is 6.48. The zero-order chi connectivity index (χ0) is 21.3. The van der Waals surface area contributed by atoms with Crippen LogP contribution < -0.4 is 0 Å². The summed E-state index contributed by atoms with van der Waals surface area (Å²) >= 11 is 0. The van der Waals surface area contributed by atoms with Gasteiger partial charge in [-0.15, -0.1) is 0 Å². The average Bonchev–Trinajstić information content (AvgIpc) is 2.77. The molecule has 0 radical (unpaired) electrons. The van der Waals surface area contributed by atoms with Gasteiger partial charge in [0.05, 0.1) is 25.1 Å². The highest BCUT2D eigenvalue weighted by Gasteiger charge is 2.23. The van der Waals surface area contributed by atoms with Crippen molar-refractivity contribution in [1.29, 1.82) is 0 Å². The lowest BCUT2D eigenvalue weighted by atomic mass is 9.99. The van der Waals surface area contributed by atoms with E-state index in [0.29, 0.717) is 31.1 Å². The van der Waals surface area contributed by atoms with E-state index in [1.165, 1.54) is 6.20 Å². The minimum Gasteiger partial charge on any atom is -0.379 e. The van der Waals surface area contributed by atoms with Gasteiger partial charge in [-0.3, -0.25) is 19.5 Å². The summed E-state index contributed by atoms with van der Waals surface area (Å²) in [7, 11) is 0. The Kier molecular flexibility index (Phi) is 8.57. The predicted octanol–water partition coefficient (Wildman–Crippen LogP) is 1.60. The third-order valence-electron chi connectivity index (χ3n) is 6.03. The molecule has 8 nitrogen and oxygen atoms in total. The number of carbonyl (C=O) groups is 2. The zero-order valence-electron chi connectivity index (χ0n) is 18.4. The van der Waals surface area contributed by atoms with Crippen LogP contribution in [0.25, 0.3) is 0 Å². The number of aromatic nitrogens is 2. The molecule has 2 saturated heterocycles. The molecule has 166 valence electrons. The fourth-order valence-corrected chi connectivity index (χ4v) is 3.94. The molecule has 8 heteroatoms. The smallest absolute Gasteiger partial charge is 0.274 e. The molecule has 3 heterocycles. The number of aryl methyl sites for hydroxylation is 1. The van der Waals surface area contributed by atoms with Gasteiger partial charge in [0.25, 0.3) is 5.91 Å². The lowest BCUT2D eigenvalue weighted by Crippen LogP contribution is -2.42. The van der Waals surface area contributed by atoms with Crippen molar-refractivity contribution >= 4 is 11.8 Å². The highest BCUT2D eigenvalue weighted by molar-refractivity contribution is 5.92. The van der Waals surface area contributed by atoms with Crippen molar-refractivity contribution in [2.24, 2.45) is 5.92 Å². The molecule has 2 aliphatic rings. The maximum Gasteiger partial charge on any atom is 0.274 e. The van der Waals surface area contributed by atoms with E-state index < -0.39 is 0 Å². The summed E-state index contributed by atoms with van der Waals surface area (Å²) in [5, 5.41) is 0. The number of piperidine rings is 1. The largest absolute Gasteiger partial charge is 0.379 e. The summed E-state index contributed by atoms with van der Waals surface area (Å²) in [4.78, 5) is 40.2. The Hall–Kier alpha value is -2.06. The molecule has 0 spiro atoms. The van der Waals surface area contributed by atoms with Gasteiger partial charge in [-0.2, -0.15) is 0 Å². The van der Waals surface area contributed by atoms with Crippen LogP contribution in [0.5, 0.6) is 0 Å². The molecule has 2 fully saturated rings. The number of morpholine rings is 1. The summed E-state index contributed by atoms with van der Waals surface area (Å²) in [5.41, 5.74) is 1.12. The van der Waals surface area contributed by atoms with Gasteiger partial charge in [0.15, 0.2) is 0 Å². The second kappa shape index (κ2) is 11.4. The molecule has 0 atom stereocenters. The van der Waals surface area contributed by atoms with Gasteiger partial charge in [-0.05, 0) is 32.1 Å². The molecule has 2 amide bonds. The fraction of sp³-hybridized carbons (Fsp3) is 0.727. The molecule has 0 unspecified atom stereocenters. The molecular formula is C22H35N5O3. The average molecular weight is 418 g/mol. The van der Waals surface area contributed by atoms with E-state index in [4.69, 9.17) is 4.74 Å². The normalized spacial score (nSPS) is 18.4. The number of hydrogen-bond acceptors (Lipinski definition) is 6. The maximum absolute atomic E-state index is 13.0. The van der Waals surface area contributed by atoms with Crippen LogP contribution in [0, 0.1) is 12.8 Å². The van der Waals surface area contributed by atoms with Crippen LogP contribution in [0.15, 0.2) is 12.4 Å². The van der Waals surface area contributed by atoms with Crippen molar-refractivity contribution in [2.45, 2.75) is 39.5 Å². The van der Waals surface area contributed by atoms with Crippen LogP contribution in [0.3, 0.4) is 0 Å². The van der Waals surface area contributed by atoms with E-state index in [9.17, 15) is 9.59 Å². The molecular weight excluding hydrogens is 382 g/mol. The van der Waals surface area contributed by atoms with Gasteiger partial charge < -0.3 is 14.5 Å². The first-order chi connectivity index (χ1) is 14.5. The van der Waals surface area contributed by atoms with E-state index in [-0.39, 0.29) is 11.8 Å². The Morgan fingerprint density at radius 1 is 1.10 bits per heavy atom. The van der Waals surface area contributed by atoms with E-state index in [2.05, 4.69) is 21.8 Å². The summed E-state index contributed by atoms with van der Waals surface area (Å²) in [6.45, 7) is 11.1.